The van der Waals surface area contributed by atoms with E-state index < -0.39 is 5.82 Å². The summed E-state index contributed by atoms with van der Waals surface area (Å²) in [6, 6.07) is 16.6. The van der Waals surface area contributed by atoms with Gasteiger partial charge in [-0.05, 0) is 86.2 Å². The largest absolute Gasteiger partial charge is 0.434 e. The minimum Gasteiger partial charge on any atom is -0.434 e. The first-order chi connectivity index (χ1) is 23.2. The average molecular weight is 668 g/mol. The zero-order valence-corrected chi connectivity index (χ0v) is 28.3. The first-order valence-electron chi connectivity index (χ1n) is 16.6. The van der Waals surface area contributed by atoms with Gasteiger partial charge in [0.15, 0.2) is 5.82 Å². The first-order valence-corrected chi connectivity index (χ1v) is 16.9. The molecule has 4 heterocycles. The zero-order valence-electron chi connectivity index (χ0n) is 27.5. The second-order valence-corrected chi connectivity index (χ2v) is 13.8. The van der Waals surface area contributed by atoms with Crippen LogP contribution in [0.5, 0.6) is 11.6 Å². The van der Waals surface area contributed by atoms with E-state index in [4.69, 9.17) is 21.3 Å². The van der Waals surface area contributed by atoms with Crippen molar-refractivity contribution in [3.05, 3.63) is 105 Å². The number of nitrogens with zero attached hydrogens (tertiary/aromatic N) is 7. The number of anilines is 1. The molecule has 9 nitrogen and oxygen atoms in total. The number of fused-ring (bicyclic) bond motifs is 1. The molecule has 3 aliphatic rings. The third kappa shape index (κ3) is 6.51. The first kappa shape index (κ1) is 32.2. The van der Waals surface area contributed by atoms with E-state index in [2.05, 4.69) is 67.5 Å². The second kappa shape index (κ2) is 13.2. The molecular formula is C37H39ClFN7O2. The van der Waals surface area contributed by atoms with E-state index in [0.717, 1.165) is 52.0 Å². The second-order valence-electron chi connectivity index (χ2n) is 13.4. The summed E-state index contributed by atoms with van der Waals surface area (Å²) in [7, 11) is 0. The van der Waals surface area contributed by atoms with Crippen molar-refractivity contribution in [2.24, 2.45) is 5.41 Å². The molecule has 248 valence electrons. The molecule has 0 unspecified atom stereocenters. The number of ether oxygens (including phenoxy) is 1. The molecule has 0 N–H and O–H groups in total. The van der Waals surface area contributed by atoms with Crippen LogP contribution in [0.1, 0.15) is 66.4 Å². The van der Waals surface area contributed by atoms with Gasteiger partial charge in [-0.3, -0.25) is 14.7 Å². The fourth-order valence-corrected chi connectivity index (χ4v) is 7.44. The van der Waals surface area contributed by atoms with E-state index in [1.54, 1.807) is 4.90 Å². The number of hydrogen-bond acceptors (Lipinski definition) is 8. The summed E-state index contributed by atoms with van der Waals surface area (Å²) in [4.78, 5) is 28.8. The minimum absolute atomic E-state index is 0.00337. The Bertz CT molecular complexity index is 1850. The quantitative estimate of drug-likeness (QED) is 0.189. The highest BCUT2D eigenvalue weighted by molar-refractivity contribution is 6.28. The highest BCUT2D eigenvalue weighted by atomic mass is 35.5. The summed E-state index contributed by atoms with van der Waals surface area (Å²) in [6.07, 6.45) is 7.25. The average Bonchev–Trinajstić information content (AvgIpc) is 3.04. The van der Waals surface area contributed by atoms with E-state index in [-0.39, 0.29) is 39.8 Å². The molecule has 0 atom stereocenters. The van der Waals surface area contributed by atoms with Crippen molar-refractivity contribution in [3.8, 4) is 11.6 Å². The minimum atomic E-state index is -0.527. The Labute approximate surface area is 285 Å². The van der Waals surface area contributed by atoms with Crippen LogP contribution in [0.4, 0.5) is 10.2 Å². The summed E-state index contributed by atoms with van der Waals surface area (Å²) in [5, 5.41) is 8.10. The zero-order chi connectivity index (χ0) is 33.4. The van der Waals surface area contributed by atoms with Crippen molar-refractivity contribution in [3.63, 3.8) is 0 Å². The topological polar surface area (TPSA) is 87.6 Å². The van der Waals surface area contributed by atoms with Crippen molar-refractivity contribution >= 4 is 29.4 Å². The van der Waals surface area contributed by atoms with Crippen LogP contribution in [-0.2, 0) is 19.5 Å². The Morgan fingerprint density at radius 3 is 2.67 bits per heavy atom. The molecule has 2 aromatic carbocycles. The van der Waals surface area contributed by atoms with Crippen molar-refractivity contribution < 1.29 is 13.9 Å². The number of halogens is 2. The maximum absolute atomic E-state index is 14.3. The summed E-state index contributed by atoms with van der Waals surface area (Å²) in [5.41, 5.74) is 6.82. The third-order valence-electron chi connectivity index (χ3n) is 9.61. The van der Waals surface area contributed by atoms with Gasteiger partial charge in [0.25, 0.3) is 11.8 Å². The number of allylic oxidation sites excluding steroid dienone is 1. The lowest BCUT2D eigenvalue weighted by atomic mass is 9.60. The SMILES string of the molecule is CCN(C(=O)c1cc(F)ccc1Oc1nnc(Cl)nc1N1CC2(CC(=Cc3ccnc4c3CN(Cc3ccccc3)CC4)C2)C1)C(C)C. The Morgan fingerprint density at radius 1 is 1.12 bits per heavy atom. The molecule has 1 spiro atoms. The predicted octanol–water partition coefficient (Wildman–Crippen LogP) is 6.96. The Kier molecular flexibility index (Phi) is 8.87. The van der Waals surface area contributed by atoms with Gasteiger partial charge in [-0.1, -0.05) is 42.0 Å². The molecule has 2 aromatic heterocycles. The molecule has 1 amide bonds. The fraction of sp³-hybridized carbons (Fsp3) is 0.378. The highest BCUT2D eigenvalue weighted by Gasteiger charge is 2.51. The summed E-state index contributed by atoms with van der Waals surface area (Å²) < 4.78 is 20.5. The summed E-state index contributed by atoms with van der Waals surface area (Å²) in [5.74, 6) is -0.0807. The van der Waals surface area contributed by atoms with Crippen molar-refractivity contribution in [1.82, 2.24) is 30.0 Å². The molecule has 1 aliphatic carbocycles. The highest BCUT2D eigenvalue weighted by Crippen LogP contribution is 2.54. The van der Waals surface area contributed by atoms with Crippen LogP contribution in [0.25, 0.3) is 6.08 Å². The number of pyridine rings is 1. The Hall–Kier alpha value is -4.41. The summed E-state index contributed by atoms with van der Waals surface area (Å²) in [6.45, 7) is 10.6. The number of rotatable bonds is 9. The van der Waals surface area contributed by atoms with Crippen molar-refractivity contribution in [2.45, 2.75) is 59.2 Å². The maximum Gasteiger partial charge on any atom is 0.282 e. The lowest BCUT2D eigenvalue weighted by Crippen LogP contribution is -2.60. The fourth-order valence-electron chi connectivity index (χ4n) is 7.32. The molecule has 7 rings (SSSR count). The molecule has 2 fully saturated rings. The van der Waals surface area contributed by atoms with E-state index in [1.807, 2.05) is 27.0 Å². The van der Waals surface area contributed by atoms with Crippen LogP contribution in [0.15, 0.2) is 66.4 Å². The lowest BCUT2D eigenvalue weighted by Gasteiger charge is -2.57. The molecule has 0 radical (unpaired) electrons. The van der Waals surface area contributed by atoms with Gasteiger partial charge < -0.3 is 14.5 Å². The number of amides is 1. The molecule has 1 saturated carbocycles. The number of benzene rings is 2. The number of aromatic nitrogens is 4. The Morgan fingerprint density at radius 2 is 1.92 bits per heavy atom. The van der Waals surface area contributed by atoms with E-state index >= 15 is 0 Å². The van der Waals surface area contributed by atoms with E-state index in [9.17, 15) is 9.18 Å². The standard InChI is InChI=1S/C37H39ClFN7O2/c1-4-46(24(2)3)35(47)29-17-28(39)10-11-32(29)48-34-33(41-36(38)43-42-34)45-22-37(23-45)18-26(19-37)16-27-12-14-40-31-13-15-44(21-30(27)31)20-25-8-6-5-7-9-25/h5-12,14,16-17,24H,4,13,15,18-23H2,1-3H3. The van der Waals surface area contributed by atoms with Crippen LogP contribution >= 0.6 is 11.6 Å². The molecule has 1 saturated heterocycles. The third-order valence-corrected chi connectivity index (χ3v) is 9.77. The molecule has 11 heteroatoms. The summed E-state index contributed by atoms with van der Waals surface area (Å²) >= 11 is 6.19. The van der Waals surface area contributed by atoms with E-state index in [0.29, 0.717) is 12.4 Å². The molecule has 0 bridgehead atoms. The van der Waals surface area contributed by atoms with Gasteiger partial charge in [-0.2, -0.15) is 4.98 Å². The maximum atomic E-state index is 14.3. The van der Waals surface area contributed by atoms with Gasteiger partial charge >= 0.3 is 0 Å². The normalized spacial score (nSPS) is 16.7. The van der Waals surface area contributed by atoms with Crippen molar-refractivity contribution in [2.75, 3.05) is 31.1 Å². The van der Waals surface area contributed by atoms with Gasteiger partial charge in [-0.15, -0.1) is 10.2 Å². The predicted molar refractivity (Wildman–Crippen MR) is 184 cm³/mol. The van der Waals surface area contributed by atoms with Gasteiger partial charge in [0.1, 0.15) is 11.6 Å². The van der Waals surface area contributed by atoms with E-state index in [1.165, 1.54) is 46.2 Å². The molecular weight excluding hydrogens is 629 g/mol. The molecule has 48 heavy (non-hydrogen) atoms. The van der Waals surface area contributed by atoms with Gasteiger partial charge in [0, 0.05) is 69.0 Å². The Balaban J connectivity index is 1.04. The monoisotopic (exact) mass is 667 g/mol. The van der Waals surface area contributed by atoms with Gasteiger partial charge in [0.2, 0.25) is 5.28 Å². The van der Waals surface area contributed by atoms with Crippen LogP contribution in [0, 0.1) is 11.2 Å². The van der Waals surface area contributed by atoms with Crippen LogP contribution in [0.2, 0.25) is 5.28 Å². The smallest absolute Gasteiger partial charge is 0.282 e. The lowest BCUT2D eigenvalue weighted by molar-refractivity contribution is 0.0713. The number of hydrogen-bond donors (Lipinski definition) is 0. The number of carbonyl (C=O) groups excluding carboxylic acids is 1. The van der Waals surface area contributed by atoms with Crippen LogP contribution in [-0.4, -0.2) is 68.1 Å². The van der Waals surface area contributed by atoms with Crippen LogP contribution in [0.3, 0.4) is 0 Å². The van der Waals surface area contributed by atoms with Gasteiger partial charge in [-0.25, -0.2) is 4.39 Å². The number of carbonyl (C=O) groups is 1. The van der Waals surface area contributed by atoms with Crippen molar-refractivity contribution in [1.29, 1.82) is 0 Å². The molecule has 2 aliphatic heterocycles. The van der Waals surface area contributed by atoms with Crippen LogP contribution < -0.4 is 9.64 Å². The molecule has 4 aromatic rings. The van der Waals surface area contributed by atoms with Gasteiger partial charge in [0.05, 0.1) is 5.56 Å².